The van der Waals surface area contributed by atoms with Crippen LogP contribution in [0.1, 0.15) is 0 Å². The third kappa shape index (κ3) is 4.58. The second-order valence-electron chi connectivity index (χ2n) is 10.7. The van der Waals surface area contributed by atoms with Gasteiger partial charge in [0.2, 0.25) is 0 Å². The molecule has 3 heterocycles. The van der Waals surface area contributed by atoms with E-state index in [1.54, 1.807) is 0 Å². The lowest BCUT2D eigenvalue weighted by molar-refractivity contribution is 1.18. The number of benzene rings is 5. The first-order valence-corrected chi connectivity index (χ1v) is 14.5. The summed E-state index contributed by atoms with van der Waals surface area (Å²) in [6.07, 6.45) is 1.81. The summed E-state index contributed by atoms with van der Waals surface area (Å²) in [5.74, 6) is 0. The summed E-state index contributed by atoms with van der Waals surface area (Å²) in [6.45, 7) is 0. The van der Waals surface area contributed by atoms with E-state index in [2.05, 4.69) is 131 Å². The van der Waals surface area contributed by atoms with Gasteiger partial charge in [-0.3, -0.25) is 4.98 Å². The molecule has 3 heteroatoms. The van der Waals surface area contributed by atoms with Crippen LogP contribution in [0.25, 0.3) is 72.4 Å². The molecule has 0 radical (unpaired) electrons. The van der Waals surface area contributed by atoms with Crippen molar-refractivity contribution in [3.05, 3.63) is 164 Å². The van der Waals surface area contributed by atoms with Crippen LogP contribution in [0.4, 0.5) is 0 Å². The van der Waals surface area contributed by atoms with E-state index in [1.807, 2.05) is 42.6 Å². The number of rotatable bonds is 5. The van der Waals surface area contributed by atoms with Crippen LogP contribution in [0.15, 0.2) is 164 Å². The fourth-order valence-corrected chi connectivity index (χ4v) is 5.96. The van der Waals surface area contributed by atoms with Crippen molar-refractivity contribution in [3.8, 4) is 50.6 Å². The fourth-order valence-electron chi connectivity index (χ4n) is 5.96. The number of pyridine rings is 2. The highest BCUT2D eigenvalue weighted by molar-refractivity contribution is 6.10. The van der Waals surface area contributed by atoms with Gasteiger partial charge in [-0.1, -0.05) is 103 Å². The first-order chi connectivity index (χ1) is 21.3. The lowest BCUT2D eigenvalue weighted by Gasteiger charge is -2.11. The minimum absolute atomic E-state index is 0.862. The van der Waals surface area contributed by atoms with E-state index in [-0.39, 0.29) is 0 Å². The van der Waals surface area contributed by atoms with Crippen molar-refractivity contribution < 1.29 is 0 Å². The molecule has 0 N–H and O–H groups in total. The van der Waals surface area contributed by atoms with Gasteiger partial charge in [-0.2, -0.15) is 0 Å². The molecule has 3 aromatic heterocycles. The molecular formula is C40H27N3. The van der Waals surface area contributed by atoms with Crippen molar-refractivity contribution in [2.24, 2.45) is 0 Å². The quantitative estimate of drug-likeness (QED) is 0.214. The summed E-state index contributed by atoms with van der Waals surface area (Å²) in [5, 5.41) is 2.51. The minimum Gasteiger partial charge on any atom is -0.309 e. The van der Waals surface area contributed by atoms with E-state index in [9.17, 15) is 0 Å². The standard InChI is InChI=1S/C40H27N3/c1-3-11-30(12-4-1)37-26-32(27-38(42-37)36-16-9-10-24-41-36)29-20-18-28(19-21-29)31-22-23-40-35(25-31)34-15-7-8-17-39(34)43(40)33-13-5-2-6-14-33/h1-27H. The van der Waals surface area contributed by atoms with Crippen LogP contribution in [-0.4, -0.2) is 14.5 Å². The molecule has 0 amide bonds. The predicted molar refractivity (Wildman–Crippen MR) is 178 cm³/mol. The fraction of sp³-hybridized carbons (Fsp3) is 0. The topological polar surface area (TPSA) is 30.7 Å². The Hall–Kier alpha value is -5.80. The van der Waals surface area contributed by atoms with Crippen LogP contribution >= 0.6 is 0 Å². The first kappa shape index (κ1) is 25.0. The Labute approximate surface area is 250 Å². The summed E-state index contributed by atoms with van der Waals surface area (Å²) in [6, 6.07) is 55.5. The Morgan fingerprint density at radius 3 is 1.77 bits per heavy atom. The van der Waals surface area contributed by atoms with Crippen molar-refractivity contribution in [3.63, 3.8) is 0 Å². The van der Waals surface area contributed by atoms with E-state index in [1.165, 1.54) is 38.6 Å². The van der Waals surface area contributed by atoms with Gasteiger partial charge in [0.1, 0.15) is 0 Å². The largest absolute Gasteiger partial charge is 0.309 e. The van der Waals surface area contributed by atoms with Crippen molar-refractivity contribution in [2.75, 3.05) is 0 Å². The summed E-state index contributed by atoms with van der Waals surface area (Å²) in [4.78, 5) is 9.55. The van der Waals surface area contributed by atoms with E-state index in [0.29, 0.717) is 0 Å². The highest BCUT2D eigenvalue weighted by Crippen LogP contribution is 2.36. The lowest BCUT2D eigenvalue weighted by atomic mass is 9.97. The Morgan fingerprint density at radius 1 is 0.372 bits per heavy atom. The van der Waals surface area contributed by atoms with Crippen molar-refractivity contribution in [2.45, 2.75) is 0 Å². The van der Waals surface area contributed by atoms with Gasteiger partial charge >= 0.3 is 0 Å². The Balaban J connectivity index is 1.21. The third-order valence-corrected chi connectivity index (χ3v) is 8.06. The zero-order valence-corrected chi connectivity index (χ0v) is 23.4. The maximum Gasteiger partial charge on any atom is 0.0899 e. The van der Waals surface area contributed by atoms with E-state index < -0.39 is 0 Å². The maximum atomic E-state index is 4.98. The van der Waals surface area contributed by atoms with Crippen LogP contribution in [0.5, 0.6) is 0 Å². The number of fused-ring (bicyclic) bond motifs is 3. The molecular weight excluding hydrogens is 522 g/mol. The van der Waals surface area contributed by atoms with Gasteiger partial charge in [0.25, 0.3) is 0 Å². The number of hydrogen-bond donors (Lipinski definition) is 0. The molecule has 0 unspecified atom stereocenters. The SMILES string of the molecule is c1ccc(-c2cc(-c3ccc(-c4ccc5c(c4)c4ccccc4n5-c4ccccc4)cc3)cc(-c3ccccn3)n2)cc1. The molecule has 3 nitrogen and oxygen atoms in total. The normalized spacial score (nSPS) is 11.3. The third-order valence-electron chi connectivity index (χ3n) is 8.06. The van der Waals surface area contributed by atoms with Gasteiger partial charge in [-0.15, -0.1) is 0 Å². The van der Waals surface area contributed by atoms with Gasteiger partial charge in [-0.05, 0) is 76.9 Å². The van der Waals surface area contributed by atoms with Crippen LogP contribution < -0.4 is 0 Å². The summed E-state index contributed by atoms with van der Waals surface area (Å²) in [5.41, 5.74) is 12.0. The molecule has 43 heavy (non-hydrogen) atoms. The molecule has 8 rings (SSSR count). The van der Waals surface area contributed by atoms with Gasteiger partial charge in [0.05, 0.1) is 28.1 Å². The molecule has 8 aromatic rings. The van der Waals surface area contributed by atoms with Crippen molar-refractivity contribution in [1.29, 1.82) is 0 Å². The number of nitrogens with zero attached hydrogens (tertiary/aromatic N) is 3. The summed E-state index contributed by atoms with van der Waals surface area (Å²) >= 11 is 0. The Kier molecular flexibility index (Phi) is 6.12. The highest BCUT2D eigenvalue weighted by Gasteiger charge is 2.14. The molecule has 0 saturated carbocycles. The van der Waals surface area contributed by atoms with Crippen LogP contribution in [0.2, 0.25) is 0 Å². The summed E-state index contributed by atoms with van der Waals surface area (Å²) in [7, 11) is 0. The average molecular weight is 550 g/mol. The number of para-hydroxylation sites is 2. The predicted octanol–water partition coefficient (Wildman–Crippen LogP) is 10.2. The molecule has 0 spiro atoms. The molecule has 0 atom stereocenters. The van der Waals surface area contributed by atoms with Crippen molar-refractivity contribution in [1.82, 2.24) is 14.5 Å². The number of aromatic nitrogens is 3. The first-order valence-electron chi connectivity index (χ1n) is 14.5. The second-order valence-corrected chi connectivity index (χ2v) is 10.7. The molecule has 202 valence electrons. The average Bonchev–Trinajstić information content (AvgIpc) is 3.43. The molecule has 5 aromatic carbocycles. The second kappa shape index (κ2) is 10.6. The molecule has 0 bridgehead atoms. The lowest BCUT2D eigenvalue weighted by Crippen LogP contribution is -1.93. The van der Waals surface area contributed by atoms with Gasteiger partial charge in [0.15, 0.2) is 0 Å². The molecule has 0 aliphatic rings. The Bertz CT molecular complexity index is 2140. The number of hydrogen-bond acceptors (Lipinski definition) is 2. The molecule has 0 aliphatic heterocycles. The monoisotopic (exact) mass is 549 g/mol. The minimum atomic E-state index is 0.862. The van der Waals surface area contributed by atoms with Crippen LogP contribution in [-0.2, 0) is 0 Å². The maximum absolute atomic E-state index is 4.98. The Morgan fingerprint density at radius 2 is 1.00 bits per heavy atom. The van der Waals surface area contributed by atoms with Gasteiger partial charge in [0, 0.05) is 28.2 Å². The molecule has 0 saturated heterocycles. The molecule has 0 aliphatic carbocycles. The summed E-state index contributed by atoms with van der Waals surface area (Å²) < 4.78 is 2.35. The van der Waals surface area contributed by atoms with E-state index >= 15 is 0 Å². The molecule has 0 fully saturated rings. The van der Waals surface area contributed by atoms with E-state index in [4.69, 9.17) is 4.98 Å². The van der Waals surface area contributed by atoms with Crippen LogP contribution in [0.3, 0.4) is 0 Å². The van der Waals surface area contributed by atoms with Gasteiger partial charge < -0.3 is 4.57 Å². The highest BCUT2D eigenvalue weighted by atomic mass is 15.0. The van der Waals surface area contributed by atoms with E-state index in [0.717, 1.165) is 33.8 Å². The van der Waals surface area contributed by atoms with Crippen molar-refractivity contribution >= 4 is 21.8 Å². The zero-order chi connectivity index (χ0) is 28.6. The smallest absolute Gasteiger partial charge is 0.0899 e. The zero-order valence-electron chi connectivity index (χ0n) is 23.4. The van der Waals surface area contributed by atoms with Crippen LogP contribution in [0, 0.1) is 0 Å². The van der Waals surface area contributed by atoms with Gasteiger partial charge in [-0.25, -0.2) is 4.98 Å².